The van der Waals surface area contributed by atoms with Crippen LogP contribution in [0, 0.1) is 11.6 Å². The minimum absolute atomic E-state index is 0.0117. The van der Waals surface area contributed by atoms with E-state index in [1.165, 1.54) is 22.7 Å². The zero-order chi connectivity index (χ0) is 21.5. The summed E-state index contributed by atoms with van der Waals surface area (Å²) in [5.74, 6) is -0.956. The molecule has 0 aromatic carbocycles. The van der Waals surface area contributed by atoms with Crippen LogP contribution >= 0.6 is 0 Å². The smallest absolute Gasteiger partial charge is 0.228 e. The Labute approximate surface area is 176 Å². The van der Waals surface area contributed by atoms with Crippen LogP contribution in [0.25, 0.3) is 17.0 Å². The SMILES string of the molecule is COc1cc2ncc(-c3nc(NC4CCNC4)c(F)cc3F)n2nc1N1CCCC1=O. The lowest BCUT2D eigenvalue weighted by atomic mass is 10.2. The van der Waals surface area contributed by atoms with Crippen molar-refractivity contribution in [2.75, 3.05) is 37.0 Å². The molecule has 2 fully saturated rings. The number of nitrogens with one attached hydrogen (secondary N) is 2. The first kappa shape index (κ1) is 19.6. The fourth-order valence-corrected chi connectivity index (χ4v) is 3.98. The highest BCUT2D eigenvalue weighted by Crippen LogP contribution is 2.32. The largest absolute Gasteiger partial charge is 0.493 e. The third kappa shape index (κ3) is 3.44. The molecule has 0 bridgehead atoms. The van der Waals surface area contributed by atoms with Crippen molar-refractivity contribution < 1.29 is 18.3 Å². The van der Waals surface area contributed by atoms with E-state index in [2.05, 4.69) is 25.7 Å². The molecule has 2 N–H and O–H groups in total. The number of carbonyl (C=O) groups is 1. The number of imidazole rings is 1. The Morgan fingerprint density at radius 1 is 1.29 bits per heavy atom. The van der Waals surface area contributed by atoms with Gasteiger partial charge in [0.2, 0.25) is 5.91 Å². The van der Waals surface area contributed by atoms with E-state index < -0.39 is 11.6 Å². The molecule has 1 atom stereocenters. The van der Waals surface area contributed by atoms with Crippen LogP contribution in [0.2, 0.25) is 0 Å². The van der Waals surface area contributed by atoms with Gasteiger partial charge in [0.1, 0.15) is 11.4 Å². The highest BCUT2D eigenvalue weighted by molar-refractivity contribution is 5.95. The van der Waals surface area contributed by atoms with Crippen molar-refractivity contribution in [2.24, 2.45) is 0 Å². The van der Waals surface area contributed by atoms with Crippen LogP contribution in [0.15, 0.2) is 18.3 Å². The van der Waals surface area contributed by atoms with Gasteiger partial charge in [-0.25, -0.2) is 23.3 Å². The summed E-state index contributed by atoms with van der Waals surface area (Å²) in [5.41, 5.74) is 0.552. The Balaban J connectivity index is 1.60. The van der Waals surface area contributed by atoms with Gasteiger partial charge in [-0.05, 0) is 19.4 Å². The van der Waals surface area contributed by atoms with E-state index in [1.807, 2.05) is 0 Å². The number of hydrogen-bond acceptors (Lipinski definition) is 7. The average Bonchev–Trinajstić information content (AvgIpc) is 3.50. The second-order valence-corrected chi connectivity index (χ2v) is 7.58. The van der Waals surface area contributed by atoms with E-state index in [-0.39, 0.29) is 29.2 Å². The number of pyridine rings is 1. The first-order valence-electron chi connectivity index (χ1n) is 10.1. The fraction of sp³-hybridized carbons (Fsp3) is 0.400. The molecule has 162 valence electrons. The highest BCUT2D eigenvalue weighted by atomic mass is 19.1. The number of carbonyl (C=O) groups excluding carboxylic acids is 1. The molecule has 3 aromatic rings. The van der Waals surface area contributed by atoms with E-state index in [0.717, 1.165) is 25.5 Å². The number of rotatable bonds is 5. The van der Waals surface area contributed by atoms with E-state index in [9.17, 15) is 13.6 Å². The Morgan fingerprint density at radius 2 is 2.16 bits per heavy atom. The summed E-state index contributed by atoms with van der Waals surface area (Å²) >= 11 is 0. The van der Waals surface area contributed by atoms with Crippen molar-refractivity contribution in [2.45, 2.75) is 25.3 Å². The second kappa shape index (κ2) is 7.73. The van der Waals surface area contributed by atoms with Gasteiger partial charge in [0.25, 0.3) is 0 Å². The van der Waals surface area contributed by atoms with E-state index in [1.54, 1.807) is 6.07 Å². The van der Waals surface area contributed by atoms with Gasteiger partial charge in [0.05, 0.1) is 13.3 Å². The summed E-state index contributed by atoms with van der Waals surface area (Å²) in [5, 5.41) is 10.7. The van der Waals surface area contributed by atoms with Crippen LogP contribution in [-0.4, -0.2) is 58.3 Å². The van der Waals surface area contributed by atoms with Crippen LogP contribution in [0.3, 0.4) is 0 Å². The van der Waals surface area contributed by atoms with Gasteiger partial charge in [0.15, 0.2) is 34.7 Å². The molecule has 1 amide bonds. The molecule has 11 heteroatoms. The molecule has 0 radical (unpaired) electrons. The quantitative estimate of drug-likeness (QED) is 0.640. The van der Waals surface area contributed by atoms with Gasteiger partial charge in [-0.2, -0.15) is 0 Å². The maximum Gasteiger partial charge on any atom is 0.228 e. The van der Waals surface area contributed by atoms with Crippen LogP contribution in [0.1, 0.15) is 19.3 Å². The van der Waals surface area contributed by atoms with Gasteiger partial charge < -0.3 is 15.4 Å². The molecule has 2 saturated heterocycles. The summed E-state index contributed by atoms with van der Waals surface area (Å²) in [6.07, 6.45) is 3.39. The molecule has 2 aliphatic heterocycles. The van der Waals surface area contributed by atoms with E-state index >= 15 is 0 Å². The number of fused-ring (bicyclic) bond motifs is 1. The Morgan fingerprint density at radius 3 is 2.87 bits per heavy atom. The van der Waals surface area contributed by atoms with Gasteiger partial charge in [-0.3, -0.25) is 9.69 Å². The normalized spacial score (nSPS) is 18.9. The minimum Gasteiger partial charge on any atom is -0.493 e. The number of aromatic nitrogens is 4. The standard InChI is InChI=1S/C20H21F2N7O2/c1-31-15-8-16-24-10-14(29(16)27-20(15)28-6-2-3-17(28)30)18-12(21)7-13(22)19(26-18)25-11-4-5-23-9-11/h7-8,10-11,23H,2-6,9H2,1H3,(H,25,26). The Kier molecular flexibility index (Phi) is 4.89. The molecule has 31 heavy (non-hydrogen) atoms. The second-order valence-electron chi connectivity index (χ2n) is 7.58. The number of nitrogens with zero attached hydrogens (tertiary/aromatic N) is 5. The molecule has 1 unspecified atom stereocenters. The molecule has 0 saturated carbocycles. The lowest BCUT2D eigenvalue weighted by molar-refractivity contribution is -0.117. The topological polar surface area (TPSA) is 96.7 Å². The van der Waals surface area contributed by atoms with Crippen molar-refractivity contribution in [3.05, 3.63) is 30.0 Å². The summed E-state index contributed by atoms with van der Waals surface area (Å²) in [6.45, 7) is 2.02. The minimum atomic E-state index is -0.828. The van der Waals surface area contributed by atoms with E-state index in [0.29, 0.717) is 36.7 Å². The molecule has 3 aromatic heterocycles. The zero-order valence-electron chi connectivity index (χ0n) is 16.9. The number of amides is 1. The number of halogens is 2. The summed E-state index contributed by atoms with van der Waals surface area (Å²) in [4.78, 5) is 22.3. The molecular formula is C20H21F2N7O2. The molecule has 2 aliphatic rings. The molecule has 5 rings (SSSR count). The Hall–Kier alpha value is -3.34. The van der Waals surface area contributed by atoms with Crippen molar-refractivity contribution >= 4 is 23.2 Å². The van der Waals surface area contributed by atoms with Crippen LogP contribution in [0.4, 0.5) is 20.4 Å². The third-order valence-electron chi connectivity index (χ3n) is 5.56. The number of ether oxygens (including phenoxy) is 1. The third-order valence-corrected chi connectivity index (χ3v) is 5.56. The lowest BCUT2D eigenvalue weighted by Gasteiger charge is -2.18. The highest BCUT2D eigenvalue weighted by Gasteiger charge is 2.28. The Bertz CT molecular complexity index is 1160. The van der Waals surface area contributed by atoms with Crippen molar-refractivity contribution in [3.8, 4) is 17.1 Å². The monoisotopic (exact) mass is 429 g/mol. The van der Waals surface area contributed by atoms with Gasteiger partial charge in [0, 0.05) is 37.7 Å². The first-order chi connectivity index (χ1) is 15.0. The van der Waals surface area contributed by atoms with Crippen LogP contribution < -0.4 is 20.3 Å². The van der Waals surface area contributed by atoms with Gasteiger partial charge >= 0.3 is 0 Å². The lowest BCUT2D eigenvalue weighted by Crippen LogP contribution is -2.26. The maximum atomic E-state index is 14.7. The summed E-state index contributed by atoms with van der Waals surface area (Å²) in [7, 11) is 1.48. The summed E-state index contributed by atoms with van der Waals surface area (Å²) in [6, 6.07) is 2.45. The number of anilines is 2. The summed E-state index contributed by atoms with van der Waals surface area (Å²) < 4.78 is 35.9. The molecular weight excluding hydrogens is 408 g/mol. The fourth-order valence-electron chi connectivity index (χ4n) is 3.98. The molecule has 0 aliphatic carbocycles. The van der Waals surface area contributed by atoms with Gasteiger partial charge in [-0.15, -0.1) is 5.10 Å². The predicted octanol–water partition coefficient (Wildman–Crippen LogP) is 1.98. The maximum absolute atomic E-state index is 14.7. The first-order valence-corrected chi connectivity index (χ1v) is 10.1. The molecule has 0 spiro atoms. The van der Waals surface area contributed by atoms with Crippen LogP contribution in [0.5, 0.6) is 5.75 Å². The van der Waals surface area contributed by atoms with Crippen molar-refractivity contribution in [1.29, 1.82) is 0 Å². The van der Waals surface area contributed by atoms with E-state index in [4.69, 9.17) is 4.74 Å². The van der Waals surface area contributed by atoms with Crippen molar-refractivity contribution in [3.63, 3.8) is 0 Å². The molecule has 5 heterocycles. The molecule has 9 nitrogen and oxygen atoms in total. The number of hydrogen-bond donors (Lipinski definition) is 2. The van der Waals surface area contributed by atoms with Crippen molar-refractivity contribution in [1.82, 2.24) is 24.9 Å². The zero-order valence-corrected chi connectivity index (χ0v) is 16.9. The average molecular weight is 429 g/mol. The predicted molar refractivity (Wildman–Crippen MR) is 109 cm³/mol. The number of methoxy groups -OCH3 is 1. The van der Waals surface area contributed by atoms with Crippen LogP contribution in [-0.2, 0) is 4.79 Å². The van der Waals surface area contributed by atoms with Gasteiger partial charge in [-0.1, -0.05) is 0 Å².